The molecular formula is C14H28O9S2. The number of hydrogen-bond donors (Lipinski definition) is 1. The average molecular weight is 405 g/mol. The van der Waals surface area contributed by atoms with E-state index in [1.807, 2.05) is 0 Å². The van der Waals surface area contributed by atoms with Crippen molar-refractivity contribution in [1.82, 2.24) is 0 Å². The summed E-state index contributed by atoms with van der Waals surface area (Å²) in [6.07, 6.45) is 2.05. The molecule has 0 saturated carbocycles. The van der Waals surface area contributed by atoms with E-state index in [9.17, 15) is 16.8 Å². The lowest BCUT2D eigenvalue weighted by Crippen LogP contribution is -2.17. The van der Waals surface area contributed by atoms with Crippen molar-refractivity contribution in [1.29, 1.82) is 0 Å². The Morgan fingerprint density at radius 3 is 1.36 bits per heavy atom. The van der Waals surface area contributed by atoms with Crippen LogP contribution < -0.4 is 0 Å². The predicted molar refractivity (Wildman–Crippen MR) is 92.2 cm³/mol. The fraction of sp³-hybridized carbons (Fsp3) is 0.857. The van der Waals surface area contributed by atoms with Crippen LogP contribution in [0.3, 0.4) is 0 Å². The highest BCUT2D eigenvalue weighted by atomic mass is 32.2. The molecule has 0 radical (unpaired) electrons. The molecule has 2 fully saturated rings. The third kappa shape index (κ3) is 16.6. The van der Waals surface area contributed by atoms with Gasteiger partial charge in [0, 0.05) is 0 Å². The minimum absolute atomic E-state index is 0.111. The normalized spacial score (nSPS) is 27.3. The van der Waals surface area contributed by atoms with Gasteiger partial charge in [-0.2, -0.15) is 16.8 Å². The Balaban J connectivity index is 0.000000368. The Kier molecular flexibility index (Phi) is 9.19. The lowest BCUT2D eigenvalue weighted by atomic mass is 10.2. The molecule has 2 heterocycles. The van der Waals surface area contributed by atoms with Crippen LogP contribution in [-0.2, 0) is 38.1 Å². The zero-order chi connectivity index (χ0) is 19.9. The van der Waals surface area contributed by atoms with Gasteiger partial charge in [-0.1, -0.05) is 12.2 Å². The lowest BCUT2D eigenvalue weighted by molar-refractivity contribution is 0.208. The van der Waals surface area contributed by atoms with Gasteiger partial charge in [0.05, 0.1) is 45.5 Å². The first kappa shape index (κ1) is 24.4. The van der Waals surface area contributed by atoms with Gasteiger partial charge in [-0.25, -0.2) is 0 Å². The van der Waals surface area contributed by atoms with Crippen LogP contribution in [0.2, 0.25) is 0 Å². The van der Waals surface area contributed by atoms with E-state index in [0.717, 1.165) is 18.1 Å². The van der Waals surface area contributed by atoms with E-state index in [-0.39, 0.29) is 31.0 Å². The molecule has 2 atom stereocenters. The maximum absolute atomic E-state index is 10.4. The number of ether oxygens (including phenoxy) is 2. The van der Waals surface area contributed by atoms with Gasteiger partial charge in [0.1, 0.15) is 11.2 Å². The van der Waals surface area contributed by atoms with Crippen molar-refractivity contribution in [2.24, 2.45) is 0 Å². The molecule has 25 heavy (non-hydrogen) atoms. The maximum Gasteiger partial charge on any atom is 0.264 e. The van der Waals surface area contributed by atoms with Gasteiger partial charge < -0.3 is 14.6 Å². The van der Waals surface area contributed by atoms with Crippen LogP contribution in [0.4, 0.5) is 0 Å². The molecule has 1 N–H and O–H groups in total. The first-order chi connectivity index (χ1) is 11.1. The molecule has 0 aromatic rings. The van der Waals surface area contributed by atoms with Gasteiger partial charge in [0.25, 0.3) is 20.2 Å². The molecule has 0 spiro atoms. The van der Waals surface area contributed by atoms with Crippen LogP contribution >= 0.6 is 0 Å². The zero-order valence-corrected chi connectivity index (χ0v) is 16.9. The molecule has 9 nitrogen and oxygen atoms in total. The first-order valence-corrected chi connectivity index (χ1v) is 10.9. The van der Waals surface area contributed by atoms with Crippen molar-refractivity contribution in [3.63, 3.8) is 0 Å². The quantitative estimate of drug-likeness (QED) is 0.355. The van der Waals surface area contributed by atoms with E-state index in [1.54, 1.807) is 20.8 Å². The fourth-order valence-corrected chi connectivity index (χ4v) is 1.80. The minimum atomic E-state index is -3.30. The summed E-state index contributed by atoms with van der Waals surface area (Å²) in [5.74, 6) is 0. The smallest absolute Gasteiger partial charge is 0.264 e. The van der Waals surface area contributed by atoms with E-state index >= 15 is 0 Å². The van der Waals surface area contributed by atoms with Crippen LogP contribution in [0.25, 0.3) is 0 Å². The van der Waals surface area contributed by atoms with E-state index in [1.165, 1.54) is 0 Å². The Bertz CT molecular complexity index is 579. The van der Waals surface area contributed by atoms with E-state index < -0.39 is 20.2 Å². The van der Waals surface area contributed by atoms with Gasteiger partial charge in [0.2, 0.25) is 0 Å². The highest BCUT2D eigenvalue weighted by Crippen LogP contribution is 2.26. The molecule has 0 aromatic heterocycles. The van der Waals surface area contributed by atoms with Crippen LogP contribution in [0.5, 0.6) is 0 Å². The molecule has 2 rings (SSSR count). The summed E-state index contributed by atoms with van der Waals surface area (Å²) < 4.78 is 60.5. The number of aliphatic hydroxyl groups is 1. The summed E-state index contributed by atoms with van der Waals surface area (Å²) in [5, 5.41) is 8.04. The second kappa shape index (κ2) is 9.40. The fourth-order valence-electron chi connectivity index (χ4n) is 0.876. The van der Waals surface area contributed by atoms with Crippen molar-refractivity contribution in [3.05, 3.63) is 12.2 Å². The van der Waals surface area contributed by atoms with Gasteiger partial charge in [-0.05, 0) is 20.8 Å². The summed E-state index contributed by atoms with van der Waals surface area (Å²) in [4.78, 5) is 0. The first-order valence-electron chi connectivity index (χ1n) is 7.32. The van der Waals surface area contributed by atoms with Crippen LogP contribution in [0.15, 0.2) is 12.2 Å². The zero-order valence-electron chi connectivity index (χ0n) is 15.3. The summed E-state index contributed by atoms with van der Waals surface area (Å²) in [6, 6.07) is 0. The van der Waals surface area contributed by atoms with Crippen molar-refractivity contribution >= 4 is 20.2 Å². The van der Waals surface area contributed by atoms with E-state index in [0.29, 0.717) is 13.2 Å². The molecule has 0 aliphatic carbocycles. The lowest BCUT2D eigenvalue weighted by Gasteiger charge is -2.02. The largest absolute Gasteiger partial charge is 0.392 e. The van der Waals surface area contributed by atoms with Crippen molar-refractivity contribution in [3.8, 4) is 0 Å². The second-order valence-electron chi connectivity index (χ2n) is 6.53. The van der Waals surface area contributed by atoms with Crippen molar-refractivity contribution in [2.75, 3.05) is 45.5 Å². The third-order valence-electron chi connectivity index (χ3n) is 2.70. The van der Waals surface area contributed by atoms with Gasteiger partial charge in [0.15, 0.2) is 0 Å². The molecule has 2 aliphatic rings. The molecular weight excluding hydrogens is 376 g/mol. The molecule has 0 amide bonds. The molecule has 2 saturated heterocycles. The highest BCUT2D eigenvalue weighted by Gasteiger charge is 2.41. The summed E-state index contributed by atoms with van der Waals surface area (Å²) >= 11 is 0. The Hall–Kier alpha value is -0.560. The molecule has 0 bridgehead atoms. The summed E-state index contributed by atoms with van der Waals surface area (Å²) in [7, 11) is -6.59. The Labute approximate surface area is 150 Å². The molecule has 0 aromatic carbocycles. The summed E-state index contributed by atoms with van der Waals surface area (Å²) in [6.45, 7) is 10.4. The molecule has 150 valence electrons. The SMILES string of the molecule is C=C(C)CO.C[C@@]1(COS(C)(=O)=O)CO1.C[C@]1(COS(C)(=O)=O)CO1. The third-order valence-corrected chi connectivity index (χ3v) is 3.79. The van der Waals surface area contributed by atoms with Crippen LogP contribution in [-0.4, -0.2) is 78.7 Å². The van der Waals surface area contributed by atoms with Crippen LogP contribution in [0.1, 0.15) is 20.8 Å². The monoisotopic (exact) mass is 404 g/mol. The van der Waals surface area contributed by atoms with Gasteiger partial charge >= 0.3 is 0 Å². The highest BCUT2D eigenvalue weighted by molar-refractivity contribution is 7.86. The number of aliphatic hydroxyl groups excluding tert-OH is 1. The van der Waals surface area contributed by atoms with E-state index in [4.69, 9.17) is 14.6 Å². The Morgan fingerprint density at radius 2 is 1.24 bits per heavy atom. The van der Waals surface area contributed by atoms with Crippen molar-refractivity contribution < 1.29 is 39.8 Å². The standard InChI is InChI=1S/2C5H10O4S.C4H8O/c2*1-5(3-8-5)4-9-10(2,6)7;1-4(2)3-5/h2*3-4H2,1-2H3;5H,1,3H2,2H3/t2*5-;/m10./s1. The topological polar surface area (TPSA) is 132 Å². The number of epoxide rings is 2. The molecule has 0 unspecified atom stereocenters. The maximum atomic E-state index is 10.4. The van der Waals surface area contributed by atoms with E-state index in [2.05, 4.69) is 14.9 Å². The van der Waals surface area contributed by atoms with Gasteiger partial charge in [-0.3, -0.25) is 8.37 Å². The predicted octanol–water partition coefficient (Wildman–Crippen LogP) is 0.0578. The average Bonchev–Trinajstić information content (AvgIpc) is 3.36. The Morgan fingerprint density at radius 1 is 1.00 bits per heavy atom. The molecule has 2 aliphatic heterocycles. The second-order valence-corrected chi connectivity index (χ2v) is 9.81. The van der Waals surface area contributed by atoms with Crippen LogP contribution in [0, 0.1) is 0 Å². The number of rotatable bonds is 7. The van der Waals surface area contributed by atoms with Crippen molar-refractivity contribution in [2.45, 2.75) is 32.0 Å². The minimum Gasteiger partial charge on any atom is -0.392 e. The number of hydrogen-bond acceptors (Lipinski definition) is 9. The van der Waals surface area contributed by atoms with Gasteiger partial charge in [-0.15, -0.1) is 0 Å². The molecule has 11 heteroatoms. The summed E-state index contributed by atoms with van der Waals surface area (Å²) in [5.41, 5.74) is 0.122.